The molecule has 4 rings (SSSR count). The Balaban J connectivity index is 1.43. The zero-order valence-electron chi connectivity index (χ0n) is 19.9. The minimum atomic E-state index is -0.396. The monoisotopic (exact) mass is 481 g/mol. The molecule has 2 heterocycles. The second-order valence-corrected chi connectivity index (χ2v) is 9.88. The lowest BCUT2D eigenvalue weighted by atomic mass is 9.95. The molecule has 0 radical (unpaired) electrons. The van der Waals surface area contributed by atoms with Crippen molar-refractivity contribution in [2.24, 2.45) is 0 Å². The summed E-state index contributed by atoms with van der Waals surface area (Å²) in [4.78, 5) is 26.9. The van der Waals surface area contributed by atoms with Crippen LogP contribution in [0.15, 0.2) is 40.8 Å². The van der Waals surface area contributed by atoms with Gasteiger partial charge in [0.2, 0.25) is 0 Å². The Labute approximate surface area is 204 Å². The van der Waals surface area contributed by atoms with Crippen molar-refractivity contribution in [3.8, 4) is 5.75 Å². The van der Waals surface area contributed by atoms with Crippen LogP contribution < -0.4 is 10.1 Å². The molecule has 1 aromatic carbocycles. The SMILES string of the molecule is CCCc1ccc(OCc2ccc(C(=O)Nc3sc4c(c3C(=O)OC(C)C)CCCC4)o2)cc1. The molecule has 0 atom stereocenters. The van der Waals surface area contributed by atoms with Crippen molar-refractivity contribution in [1.29, 1.82) is 0 Å². The number of benzene rings is 1. The lowest BCUT2D eigenvalue weighted by Gasteiger charge is -2.14. The van der Waals surface area contributed by atoms with E-state index >= 15 is 0 Å². The molecule has 2 aromatic heterocycles. The first kappa shape index (κ1) is 24.1. The van der Waals surface area contributed by atoms with E-state index in [0.29, 0.717) is 16.3 Å². The summed E-state index contributed by atoms with van der Waals surface area (Å²) in [5, 5.41) is 3.42. The summed E-state index contributed by atoms with van der Waals surface area (Å²) in [6.07, 6.45) is 5.77. The van der Waals surface area contributed by atoms with Gasteiger partial charge in [0.15, 0.2) is 5.76 Å². The molecule has 34 heavy (non-hydrogen) atoms. The van der Waals surface area contributed by atoms with E-state index in [0.717, 1.165) is 54.7 Å². The van der Waals surface area contributed by atoms with Crippen molar-refractivity contribution in [3.05, 3.63) is 69.5 Å². The molecule has 0 aliphatic heterocycles. The third-order valence-corrected chi connectivity index (χ3v) is 6.88. The molecule has 0 unspecified atom stereocenters. The zero-order valence-corrected chi connectivity index (χ0v) is 20.8. The van der Waals surface area contributed by atoms with Gasteiger partial charge in [-0.05, 0) is 81.3 Å². The minimum absolute atomic E-state index is 0.173. The number of esters is 1. The summed E-state index contributed by atoms with van der Waals surface area (Å²) in [6.45, 7) is 6.02. The van der Waals surface area contributed by atoms with Crippen molar-refractivity contribution in [1.82, 2.24) is 0 Å². The first-order valence-electron chi connectivity index (χ1n) is 11.9. The molecule has 0 fully saturated rings. The first-order valence-corrected chi connectivity index (χ1v) is 12.7. The van der Waals surface area contributed by atoms with Gasteiger partial charge in [-0.15, -0.1) is 11.3 Å². The van der Waals surface area contributed by atoms with Gasteiger partial charge in [0.1, 0.15) is 23.1 Å². The molecule has 1 amide bonds. The van der Waals surface area contributed by atoms with Crippen LogP contribution in [0.25, 0.3) is 0 Å². The highest BCUT2D eigenvalue weighted by Gasteiger charge is 2.28. The summed E-state index contributed by atoms with van der Waals surface area (Å²) >= 11 is 1.46. The normalized spacial score (nSPS) is 12.9. The number of anilines is 1. The van der Waals surface area contributed by atoms with Gasteiger partial charge < -0.3 is 19.2 Å². The number of aryl methyl sites for hydroxylation is 2. The molecule has 0 saturated carbocycles. The number of nitrogens with one attached hydrogen (secondary N) is 1. The van der Waals surface area contributed by atoms with Crippen LogP contribution in [-0.4, -0.2) is 18.0 Å². The summed E-state index contributed by atoms with van der Waals surface area (Å²) in [6, 6.07) is 11.4. The van der Waals surface area contributed by atoms with Gasteiger partial charge in [0.05, 0.1) is 11.7 Å². The number of carbonyl (C=O) groups excluding carboxylic acids is 2. The van der Waals surface area contributed by atoms with E-state index < -0.39 is 5.91 Å². The Morgan fingerprint density at radius 3 is 2.59 bits per heavy atom. The van der Waals surface area contributed by atoms with Crippen LogP contribution in [0.3, 0.4) is 0 Å². The number of thiophene rings is 1. The molecule has 6 nitrogen and oxygen atoms in total. The predicted molar refractivity (Wildman–Crippen MR) is 133 cm³/mol. The molecule has 1 aliphatic rings. The highest BCUT2D eigenvalue weighted by Crippen LogP contribution is 2.39. The maximum atomic E-state index is 12.9. The van der Waals surface area contributed by atoms with E-state index in [1.807, 2.05) is 26.0 Å². The fourth-order valence-electron chi connectivity index (χ4n) is 4.08. The van der Waals surface area contributed by atoms with E-state index in [4.69, 9.17) is 13.9 Å². The van der Waals surface area contributed by atoms with E-state index in [1.165, 1.54) is 16.9 Å². The van der Waals surface area contributed by atoms with Gasteiger partial charge in [0.25, 0.3) is 5.91 Å². The molecule has 0 spiro atoms. The van der Waals surface area contributed by atoms with E-state index in [2.05, 4.69) is 24.4 Å². The number of furan rings is 1. The zero-order chi connectivity index (χ0) is 24.1. The summed E-state index contributed by atoms with van der Waals surface area (Å²) in [7, 11) is 0. The average Bonchev–Trinajstić information content (AvgIpc) is 3.43. The topological polar surface area (TPSA) is 77.8 Å². The Bertz CT molecular complexity index is 1140. The Morgan fingerprint density at radius 2 is 1.85 bits per heavy atom. The third-order valence-electron chi connectivity index (χ3n) is 5.67. The fourth-order valence-corrected chi connectivity index (χ4v) is 5.35. The number of carbonyl (C=O) groups is 2. The molecular formula is C27H31NO5S. The van der Waals surface area contributed by atoms with Crippen molar-refractivity contribution in [2.45, 2.75) is 72.0 Å². The van der Waals surface area contributed by atoms with Gasteiger partial charge >= 0.3 is 5.97 Å². The predicted octanol–water partition coefficient (Wildman–Crippen LogP) is 6.57. The van der Waals surface area contributed by atoms with Gasteiger partial charge in [-0.1, -0.05) is 25.5 Å². The van der Waals surface area contributed by atoms with Crippen LogP contribution in [0.2, 0.25) is 0 Å². The fraction of sp³-hybridized carbons (Fsp3) is 0.407. The van der Waals surface area contributed by atoms with Crippen LogP contribution in [0.1, 0.15) is 82.7 Å². The molecule has 180 valence electrons. The van der Waals surface area contributed by atoms with Gasteiger partial charge in [0, 0.05) is 4.88 Å². The largest absolute Gasteiger partial charge is 0.486 e. The van der Waals surface area contributed by atoms with Crippen LogP contribution in [-0.2, 0) is 30.6 Å². The Kier molecular flexibility index (Phi) is 7.73. The van der Waals surface area contributed by atoms with E-state index in [1.54, 1.807) is 12.1 Å². The number of hydrogen-bond acceptors (Lipinski definition) is 6. The highest BCUT2D eigenvalue weighted by atomic mass is 32.1. The third kappa shape index (κ3) is 5.70. The summed E-state index contributed by atoms with van der Waals surface area (Å²) < 4.78 is 17.0. The molecule has 1 aliphatic carbocycles. The molecule has 0 saturated heterocycles. The lowest BCUT2D eigenvalue weighted by molar-refractivity contribution is 0.0378. The summed E-state index contributed by atoms with van der Waals surface area (Å²) in [5.74, 6) is 0.689. The molecule has 1 N–H and O–H groups in total. The van der Waals surface area contributed by atoms with Crippen molar-refractivity contribution < 1.29 is 23.5 Å². The second kappa shape index (κ2) is 10.9. The molecule has 0 bridgehead atoms. The molecular weight excluding hydrogens is 450 g/mol. The van der Waals surface area contributed by atoms with Crippen LogP contribution in [0.4, 0.5) is 5.00 Å². The van der Waals surface area contributed by atoms with Gasteiger partial charge in [-0.25, -0.2) is 4.79 Å². The van der Waals surface area contributed by atoms with E-state index in [9.17, 15) is 9.59 Å². The average molecular weight is 482 g/mol. The van der Waals surface area contributed by atoms with Crippen molar-refractivity contribution in [2.75, 3.05) is 5.32 Å². The molecule has 3 aromatic rings. The van der Waals surface area contributed by atoms with Gasteiger partial charge in [-0.3, -0.25) is 4.79 Å². The van der Waals surface area contributed by atoms with Crippen LogP contribution in [0, 0.1) is 0 Å². The van der Waals surface area contributed by atoms with E-state index in [-0.39, 0.29) is 24.4 Å². The van der Waals surface area contributed by atoms with Crippen LogP contribution in [0.5, 0.6) is 5.75 Å². The summed E-state index contributed by atoms with van der Waals surface area (Å²) in [5.41, 5.74) is 2.78. The maximum Gasteiger partial charge on any atom is 0.341 e. The Hall–Kier alpha value is -3.06. The lowest BCUT2D eigenvalue weighted by Crippen LogP contribution is -2.17. The van der Waals surface area contributed by atoms with Crippen LogP contribution >= 0.6 is 11.3 Å². The maximum absolute atomic E-state index is 12.9. The van der Waals surface area contributed by atoms with Crippen molar-refractivity contribution in [3.63, 3.8) is 0 Å². The Morgan fingerprint density at radius 1 is 1.09 bits per heavy atom. The standard InChI is InChI=1S/C27H31NO5S/c1-4-7-18-10-12-19(13-11-18)31-16-20-14-15-22(33-20)25(29)28-26-24(27(30)32-17(2)3)21-8-5-6-9-23(21)34-26/h10-15,17H,4-9,16H2,1-3H3,(H,28,29). The number of rotatable bonds is 9. The number of amides is 1. The smallest absolute Gasteiger partial charge is 0.341 e. The number of ether oxygens (including phenoxy) is 2. The minimum Gasteiger partial charge on any atom is -0.486 e. The molecule has 7 heteroatoms. The number of fused-ring (bicyclic) bond motifs is 1. The quantitative estimate of drug-likeness (QED) is 0.350. The highest BCUT2D eigenvalue weighted by molar-refractivity contribution is 7.17. The second-order valence-electron chi connectivity index (χ2n) is 8.77. The first-order chi connectivity index (χ1) is 16.4. The number of hydrogen-bond donors (Lipinski definition) is 1. The van der Waals surface area contributed by atoms with Crippen molar-refractivity contribution >= 4 is 28.2 Å². The van der Waals surface area contributed by atoms with Gasteiger partial charge in [-0.2, -0.15) is 0 Å².